The van der Waals surface area contributed by atoms with Crippen LogP contribution in [0, 0.1) is 11.6 Å². The van der Waals surface area contributed by atoms with Crippen LogP contribution < -0.4 is 0 Å². The Hall–Kier alpha value is -1.88. The predicted molar refractivity (Wildman–Crippen MR) is 76.6 cm³/mol. The summed E-state index contributed by atoms with van der Waals surface area (Å²) in [7, 11) is 0. The lowest BCUT2D eigenvalue weighted by Gasteiger charge is -2.16. The fraction of sp³-hybridized carbons (Fsp3) is 0.0667. The van der Waals surface area contributed by atoms with E-state index in [9.17, 15) is 8.78 Å². The van der Waals surface area contributed by atoms with Crippen LogP contribution in [0.4, 0.5) is 8.78 Å². The van der Waals surface area contributed by atoms with Crippen molar-refractivity contribution >= 4 is 15.9 Å². The predicted octanol–water partition coefficient (Wildman–Crippen LogP) is 4.56. The molecule has 0 fully saturated rings. The second-order valence-electron chi connectivity index (χ2n) is 4.48. The van der Waals surface area contributed by atoms with Crippen molar-refractivity contribution in [1.82, 2.24) is 9.97 Å². The van der Waals surface area contributed by atoms with Crippen molar-refractivity contribution in [3.05, 3.63) is 81.9 Å². The van der Waals surface area contributed by atoms with Crippen molar-refractivity contribution in [3.63, 3.8) is 0 Å². The Morgan fingerprint density at radius 2 is 1.40 bits per heavy atom. The first-order chi connectivity index (χ1) is 9.66. The Bertz CT molecular complexity index is 648. The van der Waals surface area contributed by atoms with Gasteiger partial charge in [-0.15, -0.1) is 0 Å². The Morgan fingerprint density at radius 1 is 0.900 bits per heavy atom. The molecule has 0 saturated carbocycles. The lowest BCUT2D eigenvalue weighted by atomic mass is 9.92. The number of hydrogen-bond donors (Lipinski definition) is 2. The van der Waals surface area contributed by atoms with Gasteiger partial charge in [0.05, 0.1) is 10.4 Å². The summed E-state index contributed by atoms with van der Waals surface area (Å²) in [4.78, 5) is 6.20. The third-order valence-corrected chi connectivity index (χ3v) is 3.96. The topological polar surface area (TPSA) is 31.6 Å². The minimum absolute atomic E-state index is 0.141. The number of H-pyrrole nitrogens is 2. The summed E-state index contributed by atoms with van der Waals surface area (Å²) in [5.74, 6) is -1.48. The molecule has 2 nitrogen and oxygen atoms in total. The first kappa shape index (κ1) is 13.1. The van der Waals surface area contributed by atoms with Crippen LogP contribution in [0.25, 0.3) is 0 Å². The monoisotopic (exact) mass is 336 g/mol. The smallest absolute Gasteiger partial charge is 0.140 e. The van der Waals surface area contributed by atoms with Crippen LogP contribution in [0.5, 0.6) is 0 Å². The summed E-state index contributed by atoms with van der Waals surface area (Å²) >= 11 is 2.89. The maximum Gasteiger partial charge on any atom is 0.140 e. The molecular weight excluding hydrogens is 326 g/mol. The van der Waals surface area contributed by atoms with Gasteiger partial charge >= 0.3 is 0 Å². The minimum atomic E-state index is -0.608. The molecule has 0 spiro atoms. The zero-order valence-corrected chi connectivity index (χ0v) is 11.9. The van der Waals surface area contributed by atoms with Crippen LogP contribution in [-0.2, 0) is 0 Å². The van der Waals surface area contributed by atoms with Gasteiger partial charge in [0.25, 0.3) is 0 Å². The van der Waals surface area contributed by atoms with Crippen LogP contribution in [0.3, 0.4) is 0 Å². The zero-order chi connectivity index (χ0) is 14.1. The number of benzene rings is 1. The summed E-state index contributed by atoms with van der Waals surface area (Å²) in [6.07, 6.45) is 3.58. The molecule has 0 aliphatic rings. The van der Waals surface area contributed by atoms with E-state index in [4.69, 9.17) is 0 Å². The molecule has 0 saturated heterocycles. The highest BCUT2D eigenvalue weighted by Crippen LogP contribution is 2.33. The summed E-state index contributed by atoms with van der Waals surface area (Å²) in [5.41, 5.74) is 2.29. The normalized spacial score (nSPS) is 11.2. The minimum Gasteiger partial charge on any atom is -0.364 e. The van der Waals surface area contributed by atoms with E-state index in [2.05, 4.69) is 25.9 Å². The molecular formula is C15H11BrF2N2. The SMILES string of the molecule is Fc1cc(C(c2ccc[nH]2)c2ccc[nH]2)cc(F)c1Br. The van der Waals surface area contributed by atoms with E-state index in [0.717, 1.165) is 11.4 Å². The maximum absolute atomic E-state index is 13.8. The molecule has 0 radical (unpaired) electrons. The summed E-state index contributed by atoms with van der Waals surface area (Å²) < 4.78 is 27.4. The summed E-state index contributed by atoms with van der Waals surface area (Å²) in [6.45, 7) is 0. The molecule has 0 aliphatic carbocycles. The summed E-state index contributed by atoms with van der Waals surface area (Å²) in [6, 6.07) is 10.2. The molecule has 0 bridgehead atoms. The number of halogens is 3. The average Bonchev–Trinajstić information content (AvgIpc) is 3.09. The third-order valence-electron chi connectivity index (χ3n) is 3.21. The third kappa shape index (κ3) is 2.29. The van der Waals surface area contributed by atoms with Gasteiger partial charge < -0.3 is 9.97 Å². The Kier molecular flexibility index (Phi) is 3.44. The molecule has 0 amide bonds. The zero-order valence-electron chi connectivity index (χ0n) is 10.3. The van der Waals surface area contributed by atoms with E-state index >= 15 is 0 Å². The van der Waals surface area contributed by atoms with Gasteiger partial charge in [-0.05, 0) is 57.9 Å². The van der Waals surface area contributed by atoms with Crippen LogP contribution in [0.1, 0.15) is 22.9 Å². The van der Waals surface area contributed by atoms with Gasteiger partial charge in [-0.3, -0.25) is 0 Å². The summed E-state index contributed by atoms with van der Waals surface area (Å²) in [5, 5.41) is 0. The van der Waals surface area contributed by atoms with Gasteiger partial charge in [0.15, 0.2) is 0 Å². The maximum atomic E-state index is 13.8. The fourth-order valence-electron chi connectivity index (χ4n) is 2.32. The van der Waals surface area contributed by atoms with Crippen molar-refractivity contribution in [2.24, 2.45) is 0 Å². The first-order valence-electron chi connectivity index (χ1n) is 6.08. The average molecular weight is 337 g/mol. The Balaban J connectivity index is 2.16. The largest absolute Gasteiger partial charge is 0.364 e. The first-order valence-corrected chi connectivity index (χ1v) is 6.87. The molecule has 5 heteroatoms. The van der Waals surface area contributed by atoms with Gasteiger partial charge in [0, 0.05) is 23.8 Å². The van der Waals surface area contributed by atoms with E-state index in [1.54, 1.807) is 12.4 Å². The number of aromatic amines is 2. The van der Waals surface area contributed by atoms with Crippen molar-refractivity contribution in [2.45, 2.75) is 5.92 Å². The molecule has 0 aliphatic heterocycles. The van der Waals surface area contributed by atoms with E-state index in [-0.39, 0.29) is 10.4 Å². The number of aromatic nitrogens is 2. The lowest BCUT2D eigenvalue weighted by Crippen LogP contribution is -2.05. The molecule has 3 rings (SSSR count). The molecule has 2 aromatic heterocycles. The second kappa shape index (κ2) is 5.25. The van der Waals surface area contributed by atoms with E-state index < -0.39 is 11.6 Å². The van der Waals surface area contributed by atoms with E-state index in [1.807, 2.05) is 24.3 Å². The van der Waals surface area contributed by atoms with Crippen LogP contribution >= 0.6 is 15.9 Å². The molecule has 102 valence electrons. The Labute approximate surface area is 123 Å². The number of hydrogen-bond acceptors (Lipinski definition) is 0. The molecule has 2 N–H and O–H groups in total. The van der Waals surface area contributed by atoms with Crippen LogP contribution in [0.15, 0.2) is 53.3 Å². The molecule has 1 aromatic carbocycles. The number of nitrogens with one attached hydrogen (secondary N) is 2. The van der Waals surface area contributed by atoms with Gasteiger partial charge in [-0.2, -0.15) is 0 Å². The van der Waals surface area contributed by atoms with Gasteiger partial charge in [0.2, 0.25) is 0 Å². The van der Waals surface area contributed by atoms with E-state index in [0.29, 0.717) is 5.56 Å². The molecule has 0 unspecified atom stereocenters. The van der Waals surface area contributed by atoms with Crippen molar-refractivity contribution in [1.29, 1.82) is 0 Å². The highest BCUT2D eigenvalue weighted by Gasteiger charge is 2.21. The van der Waals surface area contributed by atoms with E-state index in [1.165, 1.54) is 12.1 Å². The van der Waals surface area contributed by atoms with Crippen LogP contribution in [0.2, 0.25) is 0 Å². The number of rotatable bonds is 3. The molecule has 20 heavy (non-hydrogen) atoms. The molecule has 3 aromatic rings. The van der Waals surface area contributed by atoms with Crippen LogP contribution in [-0.4, -0.2) is 9.97 Å². The van der Waals surface area contributed by atoms with Gasteiger partial charge in [0.1, 0.15) is 11.6 Å². The lowest BCUT2D eigenvalue weighted by molar-refractivity contribution is 0.567. The fourth-order valence-corrected chi connectivity index (χ4v) is 2.54. The Morgan fingerprint density at radius 3 is 1.80 bits per heavy atom. The van der Waals surface area contributed by atoms with Gasteiger partial charge in [-0.25, -0.2) is 8.78 Å². The highest BCUT2D eigenvalue weighted by atomic mass is 79.9. The van der Waals surface area contributed by atoms with Crippen molar-refractivity contribution in [3.8, 4) is 0 Å². The van der Waals surface area contributed by atoms with Gasteiger partial charge in [-0.1, -0.05) is 0 Å². The highest BCUT2D eigenvalue weighted by molar-refractivity contribution is 9.10. The second-order valence-corrected chi connectivity index (χ2v) is 5.28. The quantitative estimate of drug-likeness (QED) is 0.657. The van der Waals surface area contributed by atoms with Crippen molar-refractivity contribution < 1.29 is 8.78 Å². The standard InChI is InChI=1S/C15H11BrF2N2/c16-15-10(17)7-9(8-11(15)18)14(12-3-1-5-19-12)13-4-2-6-20-13/h1-8,14,19-20H. The molecule has 2 heterocycles. The molecule has 0 atom stereocenters. The van der Waals surface area contributed by atoms with Crippen molar-refractivity contribution in [2.75, 3.05) is 0 Å².